The van der Waals surface area contributed by atoms with Gasteiger partial charge in [0.25, 0.3) is 7.82 Å². The molecule has 0 rings (SSSR count). The van der Waals surface area contributed by atoms with Crippen LogP contribution in [0.25, 0.3) is 0 Å². The van der Waals surface area contributed by atoms with Gasteiger partial charge >= 0.3 is 11.9 Å². The molecular formula is C56H98NO8P. The minimum Gasteiger partial charge on any atom is -0.756 e. The van der Waals surface area contributed by atoms with Crippen LogP contribution in [0.3, 0.4) is 0 Å². The molecule has 0 spiro atoms. The number of unbranched alkanes of at least 4 members (excludes halogenated alkanes) is 19. The molecule has 0 N–H and O–H groups in total. The highest BCUT2D eigenvalue weighted by atomic mass is 31.2. The molecule has 0 radical (unpaired) electrons. The SMILES string of the molecule is CC/C=C\C/C=C\C/C=C\C/C=C\C/C=C\CCCCCCCC(=O)OC(COC(=O)CCCCCCCCCCC/C=C\C/C=C\CCCCCCC)COP(=O)([O-])OCC[N+](C)(C)C. The van der Waals surface area contributed by atoms with Crippen molar-refractivity contribution in [3.63, 3.8) is 0 Å². The number of carbonyl (C=O) groups excluding carboxylic acids is 2. The van der Waals surface area contributed by atoms with E-state index in [1.165, 1.54) is 70.6 Å². The summed E-state index contributed by atoms with van der Waals surface area (Å²) in [5.74, 6) is -0.864. The van der Waals surface area contributed by atoms with Gasteiger partial charge in [-0.3, -0.25) is 14.2 Å². The van der Waals surface area contributed by atoms with Crippen molar-refractivity contribution >= 4 is 19.8 Å². The smallest absolute Gasteiger partial charge is 0.306 e. The predicted molar refractivity (Wildman–Crippen MR) is 277 cm³/mol. The molecule has 0 aliphatic rings. The molecule has 0 saturated heterocycles. The molecular weight excluding hydrogens is 846 g/mol. The van der Waals surface area contributed by atoms with Crippen molar-refractivity contribution in [1.29, 1.82) is 0 Å². The van der Waals surface area contributed by atoms with Crippen LogP contribution in [0.15, 0.2) is 85.1 Å². The number of quaternary nitrogens is 1. The first-order chi connectivity index (χ1) is 32.0. The molecule has 0 amide bonds. The van der Waals surface area contributed by atoms with Gasteiger partial charge < -0.3 is 27.9 Å². The normalized spacial score (nSPS) is 14.1. The highest BCUT2D eigenvalue weighted by Crippen LogP contribution is 2.38. The second-order valence-electron chi connectivity index (χ2n) is 18.5. The third-order valence-electron chi connectivity index (χ3n) is 10.9. The lowest BCUT2D eigenvalue weighted by molar-refractivity contribution is -0.870. The van der Waals surface area contributed by atoms with Crippen molar-refractivity contribution in [2.75, 3.05) is 47.5 Å². The van der Waals surface area contributed by atoms with Gasteiger partial charge in [0.1, 0.15) is 19.8 Å². The van der Waals surface area contributed by atoms with Gasteiger partial charge in [0.15, 0.2) is 6.10 Å². The maximum atomic E-state index is 12.8. The van der Waals surface area contributed by atoms with Crippen molar-refractivity contribution in [2.24, 2.45) is 0 Å². The molecule has 0 aromatic carbocycles. The molecule has 9 nitrogen and oxygen atoms in total. The minimum atomic E-state index is -4.64. The van der Waals surface area contributed by atoms with Gasteiger partial charge in [-0.05, 0) is 89.9 Å². The zero-order valence-corrected chi connectivity index (χ0v) is 43.8. The molecule has 0 heterocycles. The first-order valence-electron chi connectivity index (χ1n) is 26.3. The average molecular weight is 944 g/mol. The second kappa shape index (κ2) is 47.3. The molecule has 0 aromatic rings. The molecule has 2 unspecified atom stereocenters. The van der Waals surface area contributed by atoms with E-state index >= 15 is 0 Å². The molecule has 66 heavy (non-hydrogen) atoms. The molecule has 0 fully saturated rings. The highest BCUT2D eigenvalue weighted by Gasteiger charge is 2.21. The lowest BCUT2D eigenvalue weighted by atomic mass is 10.1. The van der Waals surface area contributed by atoms with E-state index in [4.69, 9.17) is 18.5 Å². The van der Waals surface area contributed by atoms with Crippen molar-refractivity contribution in [2.45, 2.75) is 213 Å². The summed E-state index contributed by atoms with van der Waals surface area (Å²) < 4.78 is 34.1. The van der Waals surface area contributed by atoms with Crippen LogP contribution in [-0.4, -0.2) is 70.0 Å². The van der Waals surface area contributed by atoms with Gasteiger partial charge in [0, 0.05) is 12.8 Å². The van der Waals surface area contributed by atoms with Crippen LogP contribution in [-0.2, 0) is 32.7 Å². The second-order valence-corrected chi connectivity index (χ2v) is 19.9. The van der Waals surface area contributed by atoms with Gasteiger partial charge in [-0.1, -0.05) is 189 Å². The summed E-state index contributed by atoms with van der Waals surface area (Å²) in [6.07, 6.45) is 61.8. The monoisotopic (exact) mass is 944 g/mol. The number of hydrogen-bond donors (Lipinski definition) is 0. The van der Waals surface area contributed by atoms with Crippen molar-refractivity contribution in [1.82, 2.24) is 0 Å². The number of likely N-dealkylation sites (N-methyl/N-ethyl adjacent to an activating group) is 1. The Hall–Kier alpha value is -2.81. The van der Waals surface area contributed by atoms with Crippen LogP contribution in [0.2, 0.25) is 0 Å². The Bertz CT molecular complexity index is 1390. The fraction of sp³-hybridized carbons (Fsp3) is 0.714. The third kappa shape index (κ3) is 50.6. The number of nitrogens with zero attached hydrogens (tertiary/aromatic N) is 1. The summed E-state index contributed by atoms with van der Waals surface area (Å²) in [5, 5.41) is 0. The lowest BCUT2D eigenvalue weighted by Gasteiger charge is -2.28. The number of esters is 2. The first-order valence-corrected chi connectivity index (χ1v) is 27.8. The molecule has 0 aromatic heterocycles. The number of ether oxygens (including phenoxy) is 2. The summed E-state index contributed by atoms with van der Waals surface area (Å²) >= 11 is 0. The van der Waals surface area contributed by atoms with Gasteiger partial charge in [-0.25, -0.2) is 0 Å². The number of rotatable bonds is 47. The summed E-state index contributed by atoms with van der Waals surface area (Å²) in [7, 11) is 1.14. The topological polar surface area (TPSA) is 111 Å². The van der Waals surface area contributed by atoms with Gasteiger partial charge in [0.05, 0.1) is 27.7 Å². The number of phosphoric acid groups is 1. The Morgan fingerprint density at radius 3 is 1.29 bits per heavy atom. The van der Waals surface area contributed by atoms with Crippen LogP contribution < -0.4 is 4.89 Å². The summed E-state index contributed by atoms with van der Waals surface area (Å²) in [6, 6.07) is 0. The largest absolute Gasteiger partial charge is 0.756 e. The summed E-state index contributed by atoms with van der Waals surface area (Å²) in [6.45, 7) is 4.08. The number of allylic oxidation sites excluding steroid dienone is 14. The molecule has 380 valence electrons. The van der Waals surface area contributed by atoms with Crippen molar-refractivity contribution in [3.8, 4) is 0 Å². The van der Waals surface area contributed by atoms with Gasteiger partial charge in [-0.15, -0.1) is 0 Å². The molecule has 0 aliphatic heterocycles. The molecule has 0 saturated carbocycles. The highest BCUT2D eigenvalue weighted by molar-refractivity contribution is 7.45. The standard InChI is InChI=1S/C56H98NO8P/c1-6-8-10-12-14-16-18-20-22-24-26-28-30-32-34-36-38-40-42-44-46-48-55(58)62-52-54(53-64-66(60,61)63-51-50-57(3,4)5)65-56(59)49-47-45-43-41-39-37-35-33-31-29-27-25-23-21-19-17-15-13-11-9-7-2/h9,11,15,17-18,20-21,23-24,26-27,29,33,35,54H,6-8,10,12-14,16,19,22,25,28,30-32,34,36-53H2,1-5H3/b11-9-,17-15-,20-18-,23-21-,26-24-,29-27-,35-33-. The fourth-order valence-corrected chi connectivity index (χ4v) is 7.56. The van der Waals surface area contributed by atoms with Gasteiger partial charge in [-0.2, -0.15) is 0 Å². The summed E-state index contributed by atoms with van der Waals surface area (Å²) in [5.41, 5.74) is 0. The maximum Gasteiger partial charge on any atom is 0.306 e. The van der Waals surface area contributed by atoms with E-state index < -0.39 is 32.5 Å². The molecule has 0 bridgehead atoms. The van der Waals surface area contributed by atoms with Crippen LogP contribution in [0.1, 0.15) is 206 Å². The zero-order valence-electron chi connectivity index (χ0n) is 42.9. The Labute approximate surface area is 405 Å². The van der Waals surface area contributed by atoms with Crippen LogP contribution in [0.4, 0.5) is 0 Å². The van der Waals surface area contributed by atoms with Crippen LogP contribution in [0, 0.1) is 0 Å². The Kier molecular flexibility index (Phi) is 45.3. The molecule has 10 heteroatoms. The predicted octanol–water partition coefficient (Wildman–Crippen LogP) is 15.3. The number of carbonyl (C=O) groups is 2. The zero-order chi connectivity index (χ0) is 48.5. The van der Waals surface area contributed by atoms with Crippen LogP contribution >= 0.6 is 7.82 Å². The Morgan fingerprint density at radius 1 is 0.485 bits per heavy atom. The summed E-state index contributed by atoms with van der Waals surface area (Å²) in [4.78, 5) is 37.8. The van der Waals surface area contributed by atoms with E-state index in [2.05, 4.69) is 98.9 Å². The quantitative estimate of drug-likeness (QED) is 0.0195. The Morgan fingerprint density at radius 2 is 0.864 bits per heavy atom. The number of phosphoric ester groups is 1. The average Bonchev–Trinajstić information content (AvgIpc) is 3.27. The van der Waals surface area contributed by atoms with E-state index in [-0.39, 0.29) is 26.1 Å². The maximum absolute atomic E-state index is 12.8. The fourth-order valence-electron chi connectivity index (χ4n) is 6.83. The Balaban J connectivity index is 4.31. The lowest BCUT2D eigenvalue weighted by Crippen LogP contribution is -2.37. The van der Waals surface area contributed by atoms with E-state index in [0.717, 1.165) is 103 Å². The van der Waals surface area contributed by atoms with Gasteiger partial charge in [0.2, 0.25) is 0 Å². The minimum absolute atomic E-state index is 0.0400. The molecule has 0 aliphatic carbocycles. The van der Waals surface area contributed by atoms with E-state index in [1.807, 2.05) is 21.1 Å². The third-order valence-corrected chi connectivity index (χ3v) is 11.9. The molecule has 2 atom stereocenters. The van der Waals surface area contributed by atoms with Crippen molar-refractivity contribution < 1.29 is 42.1 Å². The first kappa shape index (κ1) is 63.2. The van der Waals surface area contributed by atoms with E-state index in [9.17, 15) is 19.0 Å². The van der Waals surface area contributed by atoms with Crippen LogP contribution in [0.5, 0.6) is 0 Å². The van der Waals surface area contributed by atoms with Crippen molar-refractivity contribution in [3.05, 3.63) is 85.1 Å². The number of hydrogen-bond acceptors (Lipinski definition) is 8. The van der Waals surface area contributed by atoms with E-state index in [1.54, 1.807) is 0 Å². The van der Waals surface area contributed by atoms with E-state index in [0.29, 0.717) is 17.4 Å².